The predicted molar refractivity (Wildman–Crippen MR) is 95.3 cm³/mol. The average molecular weight is 365 g/mol. The molecule has 1 aromatic heterocycles. The first-order chi connectivity index (χ1) is 11.6. The van der Waals surface area contributed by atoms with Gasteiger partial charge in [0.1, 0.15) is 0 Å². The average Bonchev–Trinajstić information content (AvgIpc) is 2.62. The van der Waals surface area contributed by atoms with Crippen LogP contribution in [0.5, 0.6) is 0 Å². The predicted octanol–water partition coefficient (Wildman–Crippen LogP) is 3.32. The van der Waals surface area contributed by atoms with Gasteiger partial charge in [-0.15, -0.1) is 10.2 Å². The molecule has 24 heavy (non-hydrogen) atoms. The summed E-state index contributed by atoms with van der Waals surface area (Å²) in [7, 11) is 0. The topological polar surface area (TPSA) is 58.1 Å². The van der Waals surface area contributed by atoms with Gasteiger partial charge in [0.2, 0.25) is 5.91 Å². The molecule has 3 rings (SSSR count). The second-order valence-corrected chi connectivity index (χ2v) is 6.58. The van der Waals surface area contributed by atoms with Crippen LogP contribution in [0, 0.1) is 5.92 Å². The Morgan fingerprint density at radius 1 is 1.12 bits per heavy atom. The van der Waals surface area contributed by atoms with E-state index in [0.717, 1.165) is 37.3 Å². The van der Waals surface area contributed by atoms with Crippen molar-refractivity contribution in [3.8, 4) is 0 Å². The fourth-order valence-electron chi connectivity index (χ4n) is 2.82. The molecule has 0 saturated carbocycles. The summed E-state index contributed by atoms with van der Waals surface area (Å²) < 4.78 is 0. The normalized spacial score (nSPS) is 15.3. The van der Waals surface area contributed by atoms with Crippen LogP contribution in [0.4, 0.5) is 5.82 Å². The highest BCUT2D eigenvalue weighted by atomic mass is 35.5. The van der Waals surface area contributed by atoms with Crippen LogP contribution in [0.25, 0.3) is 0 Å². The number of piperidine rings is 1. The molecule has 0 bridgehead atoms. The van der Waals surface area contributed by atoms with E-state index >= 15 is 0 Å². The third-order valence-corrected chi connectivity index (χ3v) is 4.79. The number of nitrogens with one attached hydrogen (secondary N) is 1. The maximum atomic E-state index is 12.4. The molecule has 126 valence electrons. The van der Waals surface area contributed by atoms with Gasteiger partial charge in [-0.05, 0) is 36.6 Å². The Kier molecular flexibility index (Phi) is 5.53. The van der Waals surface area contributed by atoms with Gasteiger partial charge in [0.15, 0.2) is 11.0 Å². The molecular formula is C17H18Cl2N4O. The van der Waals surface area contributed by atoms with E-state index in [1.54, 1.807) is 6.07 Å². The number of amides is 1. The van der Waals surface area contributed by atoms with Gasteiger partial charge < -0.3 is 10.2 Å². The third-order valence-electron chi connectivity index (χ3n) is 4.22. The van der Waals surface area contributed by atoms with Gasteiger partial charge in [0.05, 0.1) is 0 Å². The van der Waals surface area contributed by atoms with Crippen molar-refractivity contribution in [3.05, 3.63) is 52.1 Å². The number of aromatic nitrogens is 2. The number of halogens is 2. The van der Waals surface area contributed by atoms with Crippen LogP contribution in [0.1, 0.15) is 18.4 Å². The van der Waals surface area contributed by atoms with E-state index in [2.05, 4.69) is 20.4 Å². The molecule has 7 heteroatoms. The van der Waals surface area contributed by atoms with Crippen molar-refractivity contribution in [2.75, 3.05) is 18.0 Å². The summed E-state index contributed by atoms with van der Waals surface area (Å²) in [5, 5.41) is 12.0. The fraction of sp³-hybridized carbons (Fsp3) is 0.353. The summed E-state index contributed by atoms with van der Waals surface area (Å²) in [5.41, 5.74) is 0.932. The SMILES string of the molecule is O=C(NCc1ccccc1Cl)C1CCN(c2ccc(Cl)nn2)CC1. The molecule has 0 aliphatic carbocycles. The van der Waals surface area contributed by atoms with Gasteiger partial charge in [-0.2, -0.15) is 0 Å². The first-order valence-electron chi connectivity index (χ1n) is 7.89. The quantitative estimate of drug-likeness (QED) is 0.903. The van der Waals surface area contributed by atoms with E-state index in [1.807, 2.05) is 30.3 Å². The fourth-order valence-corrected chi connectivity index (χ4v) is 3.12. The number of anilines is 1. The van der Waals surface area contributed by atoms with E-state index in [0.29, 0.717) is 16.7 Å². The molecule has 2 aromatic rings. The van der Waals surface area contributed by atoms with Crippen LogP contribution in [0.2, 0.25) is 10.2 Å². The summed E-state index contributed by atoms with van der Waals surface area (Å²) >= 11 is 11.9. The molecule has 1 amide bonds. The zero-order valence-corrected chi connectivity index (χ0v) is 14.6. The second-order valence-electron chi connectivity index (χ2n) is 5.78. The lowest BCUT2D eigenvalue weighted by atomic mass is 9.96. The lowest BCUT2D eigenvalue weighted by Crippen LogP contribution is -2.40. The number of nitrogens with zero attached hydrogens (tertiary/aromatic N) is 3. The van der Waals surface area contributed by atoms with Crippen LogP contribution in [-0.2, 0) is 11.3 Å². The molecule has 1 saturated heterocycles. The Hall–Kier alpha value is -1.85. The van der Waals surface area contributed by atoms with Crippen molar-refractivity contribution >= 4 is 34.9 Å². The maximum absolute atomic E-state index is 12.4. The maximum Gasteiger partial charge on any atom is 0.223 e. The molecule has 2 heterocycles. The minimum atomic E-state index is 0.0176. The van der Waals surface area contributed by atoms with Crippen molar-refractivity contribution in [2.24, 2.45) is 5.92 Å². The number of carbonyl (C=O) groups is 1. The molecule has 0 unspecified atom stereocenters. The Labute approximate surface area is 151 Å². The summed E-state index contributed by atoms with van der Waals surface area (Å²) in [6.45, 7) is 2.02. The number of rotatable bonds is 4. The van der Waals surface area contributed by atoms with E-state index in [4.69, 9.17) is 23.2 Å². The summed E-state index contributed by atoms with van der Waals surface area (Å²) in [6, 6.07) is 11.1. The molecule has 1 aliphatic rings. The van der Waals surface area contributed by atoms with Gasteiger partial charge in [0.25, 0.3) is 0 Å². The number of benzene rings is 1. The monoisotopic (exact) mass is 364 g/mol. The highest BCUT2D eigenvalue weighted by molar-refractivity contribution is 6.31. The van der Waals surface area contributed by atoms with Crippen molar-refractivity contribution in [2.45, 2.75) is 19.4 Å². The van der Waals surface area contributed by atoms with Crippen LogP contribution in [-0.4, -0.2) is 29.2 Å². The van der Waals surface area contributed by atoms with Crippen molar-refractivity contribution in [1.82, 2.24) is 15.5 Å². The minimum Gasteiger partial charge on any atom is -0.355 e. The number of carbonyl (C=O) groups excluding carboxylic acids is 1. The van der Waals surface area contributed by atoms with Gasteiger partial charge in [-0.25, -0.2) is 0 Å². The molecule has 0 radical (unpaired) electrons. The highest BCUT2D eigenvalue weighted by Gasteiger charge is 2.25. The molecular weight excluding hydrogens is 347 g/mol. The van der Waals surface area contributed by atoms with Crippen molar-refractivity contribution < 1.29 is 4.79 Å². The molecule has 5 nitrogen and oxygen atoms in total. The largest absolute Gasteiger partial charge is 0.355 e. The zero-order valence-electron chi connectivity index (χ0n) is 13.1. The third kappa shape index (κ3) is 4.16. The second kappa shape index (κ2) is 7.81. The molecule has 0 spiro atoms. The molecule has 0 atom stereocenters. The molecule has 1 aliphatic heterocycles. The van der Waals surface area contributed by atoms with Crippen LogP contribution >= 0.6 is 23.2 Å². The van der Waals surface area contributed by atoms with Crippen LogP contribution < -0.4 is 10.2 Å². The van der Waals surface area contributed by atoms with E-state index in [-0.39, 0.29) is 11.8 Å². The summed E-state index contributed by atoms with van der Waals surface area (Å²) in [4.78, 5) is 14.5. The van der Waals surface area contributed by atoms with E-state index < -0.39 is 0 Å². The first-order valence-corrected chi connectivity index (χ1v) is 8.64. The van der Waals surface area contributed by atoms with Gasteiger partial charge >= 0.3 is 0 Å². The standard InChI is InChI=1S/C17H18Cl2N4O/c18-14-4-2-1-3-13(14)11-20-17(24)12-7-9-23(10-8-12)16-6-5-15(19)21-22-16/h1-6,12H,7-11H2,(H,20,24). The molecule has 1 fully saturated rings. The summed E-state index contributed by atoms with van der Waals surface area (Å²) in [5.74, 6) is 0.898. The van der Waals surface area contributed by atoms with Gasteiger partial charge in [-0.1, -0.05) is 41.4 Å². The van der Waals surface area contributed by atoms with Gasteiger partial charge in [0, 0.05) is 30.6 Å². The Bertz CT molecular complexity index is 700. The first kappa shape index (κ1) is 17.0. The van der Waals surface area contributed by atoms with Crippen LogP contribution in [0.15, 0.2) is 36.4 Å². The lowest BCUT2D eigenvalue weighted by molar-refractivity contribution is -0.125. The van der Waals surface area contributed by atoms with Crippen molar-refractivity contribution in [1.29, 1.82) is 0 Å². The number of hydrogen-bond acceptors (Lipinski definition) is 4. The smallest absolute Gasteiger partial charge is 0.223 e. The Morgan fingerprint density at radius 2 is 1.88 bits per heavy atom. The highest BCUT2D eigenvalue weighted by Crippen LogP contribution is 2.22. The number of hydrogen-bond donors (Lipinski definition) is 1. The Balaban J connectivity index is 1.50. The van der Waals surface area contributed by atoms with E-state index in [9.17, 15) is 4.79 Å². The minimum absolute atomic E-state index is 0.0176. The van der Waals surface area contributed by atoms with Gasteiger partial charge in [-0.3, -0.25) is 4.79 Å². The molecule has 1 N–H and O–H groups in total. The molecule has 1 aromatic carbocycles. The lowest BCUT2D eigenvalue weighted by Gasteiger charge is -2.31. The zero-order chi connectivity index (χ0) is 16.9. The summed E-state index contributed by atoms with van der Waals surface area (Å²) in [6.07, 6.45) is 1.58. The Morgan fingerprint density at radius 3 is 2.54 bits per heavy atom. The van der Waals surface area contributed by atoms with Crippen LogP contribution in [0.3, 0.4) is 0 Å². The van der Waals surface area contributed by atoms with E-state index in [1.165, 1.54) is 0 Å². The van der Waals surface area contributed by atoms with Crippen molar-refractivity contribution in [3.63, 3.8) is 0 Å².